The van der Waals surface area contributed by atoms with Crippen molar-refractivity contribution in [3.63, 3.8) is 0 Å². The van der Waals surface area contributed by atoms with Gasteiger partial charge in [-0.25, -0.2) is 0 Å². The normalized spacial score (nSPS) is 0. The summed E-state index contributed by atoms with van der Waals surface area (Å²) in [6, 6.07) is 0. The Kier molecular flexibility index (Phi) is 257. The number of hydrogen-bond donors (Lipinski definition) is 0. The van der Waals surface area contributed by atoms with Gasteiger partial charge in [-0.1, -0.05) is 0 Å². The fourth-order valence-corrected chi connectivity index (χ4v) is 0. The minimum Gasteiger partial charge on any atom is -0.153 e. The molecule has 0 bridgehead atoms. The van der Waals surface area contributed by atoms with Gasteiger partial charge in [0.15, 0.2) is 0 Å². The molecule has 0 heterocycles. The molecular formula is H3CuFePSnZn. The summed E-state index contributed by atoms with van der Waals surface area (Å²) < 4.78 is 0. The standard InChI is InChI=1S/Cu.Fe.H3P.Sn.Zn/h;;1H3;;. The molecular weight excluding hydrogens is 334 g/mol. The predicted molar refractivity (Wildman–Crippen MR) is 16.9 cm³/mol. The summed E-state index contributed by atoms with van der Waals surface area (Å²) in [7, 11) is 0. The third-order valence-corrected chi connectivity index (χ3v) is 0. The van der Waals surface area contributed by atoms with Crippen molar-refractivity contribution < 1.29 is 53.6 Å². The first-order chi connectivity index (χ1) is 0. The van der Waals surface area contributed by atoms with E-state index in [0.29, 0.717) is 0 Å². The van der Waals surface area contributed by atoms with E-state index in [4.69, 9.17) is 0 Å². The quantitative estimate of drug-likeness (QED) is 0.419. The van der Waals surface area contributed by atoms with Crippen LogP contribution in [0.4, 0.5) is 0 Å². The van der Waals surface area contributed by atoms with Gasteiger partial charge in [0.1, 0.15) is 0 Å². The average molecular weight is 337 g/mol. The van der Waals surface area contributed by atoms with Crippen molar-refractivity contribution in [2.24, 2.45) is 0 Å². The van der Waals surface area contributed by atoms with Gasteiger partial charge in [0, 0.05) is 77.5 Å². The maximum atomic E-state index is 0. The van der Waals surface area contributed by atoms with Crippen LogP contribution < -0.4 is 0 Å². The maximum Gasteiger partial charge on any atom is 0 e. The van der Waals surface area contributed by atoms with Crippen LogP contribution in [0.25, 0.3) is 0 Å². The van der Waals surface area contributed by atoms with E-state index in [9.17, 15) is 0 Å². The summed E-state index contributed by atoms with van der Waals surface area (Å²) in [5.41, 5.74) is 0. The first-order valence-corrected chi connectivity index (χ1v) is 0. The minimum absolute atomic E-state index is 0. The van der Waals surface area contributed by atoms with Crippen LogP contribution in [0.1, 0.15) is 0 Å². The zero-order valence-electron chi connectivity index (χ0n) is 2.57. The van der Waals surface area contributed by atoms with Crippen molar-refractivity contribution in [1.29, 1.82) is 0 Å². The summed E-state index contributed by atoms with van der Waals surface area (Å²) >= 11 is 0. The molecule has 0 saturated carbocycles. The Morgan fingerprint density at radius 1 is 1.00 bits per heavy atom. The van der Waals surface area contributed by atoms with E-state index < -0.39 is 0 Å². The maximum absolute atomic E-state index is 0. The van der Waals surface area contributed by atoms with Gasteiger partial charge in [-0.3, -0.25) is 0 Å². The third kappa shape index (κ3) is 19.7. The molecule has 0 fully saturated rings. The Labute approximate surface area is 86.3 Å². The Balaban J connectivity index is 0. The fraction of sp³-hybridized carbons (Fsp3) is 0. The molecule has 0 spiro atoms. The molecule has 0 aromatic carbocycles. The van der Waals surface area contributed by atoms with Crippen LogP contribution in [0.15, 0.2) is 0 Å². The van der Waals surface area contributed by atoms with Crippen LogP contribution in [-0.2, 0) is 53.6 Å². The van der Waals surface area contributed by atoms with E-state index in [-0.39, 0.29) is 87.4 Å². The predicted octanol–water partition coefficient (Wildman–Crippen LogP) is -0.330. The molecule has 33 valence electrons. The molecule has 5 heteroatoms. The van der Waals surface area contributed by atoms with Gasteiger partial charge in [-0.05, 0) is 0 Å². The van der Waals surface area contributed by atoms with E-state index in [1.54, 1.807) is 0 Å². The zero-order chi connectivity index (χ0) is 0. The van der Waals surface area contributed by atoms with E-state index in [0.717, 1.165) is 0 Å². The van der Waals surface area contributed by atoms with Gasteiger partial charge in [0.2, 0.25) is 0 Å². The first kappa shape index (κ1) is 44.8. The molecule has 5 radical (unpaired) electrons. The Morgan fingerprint density at radius 2 is 1.00 bits per heavy atom. The first-order valence-electron chi connectivity index (χ1n) is 0. The second-order valence-corrected chi connectivity index (χ2v) is 0. The Bertz CT molecular complexity index is 11.6. The van der Waals surface area contributed by atoms with Crippen LogP contribution in [0.2, 0.25) is 0 Å². The molecule has 0 nitrogen and oxygen atoms in total. The molecule has 0 aliphatic heterocycles. The molecule has 0 aromatic heterocycles. The van der Waals surface area contributed by atoms with Crippen LogP contribution in [0, 0.1) is 0 Å². The number of hydrogen-bond acceptors (Lipinski definition) is 0. The van der Waals surface area contributed by atoms with E-state index in [1.807, 2.05) is 0 Å². The molecule has 1 unspecified atom stereocenters. The van der Waals surface area contributed by atoms with Crippen molar-refractivity contribution in [3.8, 4) is 0 Å². The minimum atomic E-state index is 0. The monoisotopic (exact) mass is 337 g/mol. The van der Waals surface area contributed by atoms with Crippen molar-refractivity contribution in [1.82, 2.24) is 0 Å². The second kappa shape index (κ2) is 28.6. The zero-order valence-corrected chi connectivity index (χ0v) is 11.9. The van der Waals surface area contributed by atoms with Crippen molar-refractivity contribution in [2.75, 3.05) is 0 Å². The molecule has 0 aliphatic carbocycles. The van der Waals surface area contributed by atoms with Crippen molar-refractivity contribution in [2.45, 2.75) is 0 Å². The van der Waals surface area contributed by atoms with Crippen LogP contribution in [-0.4, -0.2) is 23.9 Å². The molecule has 0 aliphatic rings. The molecule has 0 N–H and O–H groups in total. The fourth-order valence-electron chi connectivity index (χ4n) is 0. The van der Waals surface area contributed by atoms with Gasteiger partial charge in [0.05, 0.1) is 0 Å². The van der Waals surface area contributed by atoms with E-state index >= 15 is 0 Å². The summed E-state index contributed by atoms with van der Waals surface area (Å²) in [4.78, 5) is 0. The molecule has 0 saturated heterocycles. The van der Waals surface area contributed by atoms with Crippen LogP contribution >= 0.6 is 9.90 Å². The molecule has 5 heavy (non-hydrogen) atoms. The molecule has 0 amide bonds. The average Bonchev–Trinajstić information content (AvgIpc) is 0. The Hall–Kier alpha value is 2.89. The van der Waals surface area contributed by atoms with Gasteiger partial charge in [-0.15, -0.1) is 0 Å². The largest absolute Gasteiger partial charge is 0.153 e. The molecule has 0 aromatic rings. The topological polar surface area (TPSA) is 0 Å². The van der Waals surface area contributed by atoms with E-state index in [2.05, 4.69) is 0 Å². The second-order valence-electron chi connectivity index (χ2n) is 0. The van der Waals surface area contributed by atoms with Crippen LogP contribution in [0.3, 0.4) is 0 Å². The number of rotatable bonds is 0. The summed E-state index contributed by atoms with van der Waals surface area (Å²) in [5.74, 6) is 0. The van der Waals surface area contributed by atoms with Gasteiger partial charge >= 0.3 is 0 Å². The summed E-state index contributed by atoms with van der Waals surface area (Å²) in [6.07, 6.45) is 0. The molecule has 1 atom stereocenters. The SMILES string of the molecule is P.[Cu].[Fe].[Sn].[Zn]. The van der Waals surface area contributed by atoms with Crippen molar-refractivity contribution in [3.05, 3.63) is 0 Å². The third-order valence-electron chi connectivity index (χ3n) is 0. The van der Waals surface area contributed by atoms with Gasteiger partial charge < -0.3 is 0 Å². The Morgan fingerprint density at radius 3 is 1.00 bits per heavy atom. The van der Waals surface area contributed by atoms with Gasteiger partial charge in [-0.2, -0.15) is 9.90 Å². The smallest absolute Gasteiger partial charge is 0 e. The van der Waals surface area contributed by atoms with Crippen molar-refractivity contribution >= 4 is 33.8 Å². The summed E-state index contributed by atoms with van der Waals surface area (Å²) in [6.45, 7) is 0. The van der Waals surface area contributed by atoms with E-state index in [1.165, 1.54) is 0 Å². The summed E-state index contributed by atoms with van der Waals surface area (Å²) in [5, 5.41) is 0. The van der Waals surface area contributed by atoms with Gasteiger partial charge in [0.25, 0.3) is 0 Å². The van der Waals surface area contributed by atoms with Crippen LogP contribution in [0.5, 0.6) is 0 Å². The molecule has 0 rings (SSSR count).